The molecule has 33 heavy (non-hydrogen) atoms. The van der Waals surface area contributed by atoms with Gasteiger partial charge in [-0.1, -0.05) is 37.9 Å². The number of halogens is 2. The van der Waals surface area contributed by atoms with Crippen molar-refractivity contribution in [2.24, 2.45) is 0 Å². The van der Waals surface area contributed by atoms with E-state index >= 15 is 0 Å². The first-order valence-electron chi connectivity index (χ1n) is 10.0. The van der Waals surface area contributed by atoms with Crippen molar-refractivity contribution < 1.29 is 29.6 Å². The van der Waals surface area contributed by atoms with Crippen molar-refractivity contribution in [1.82, 2.24) is 0 Å². The van der Waals surface area contributed by atoms with Crippen molar-refractivity contribution in [3.05, 3.63) is 89.3 Å². The second kappa shape index (κ2) is 7.88. The van der Waals surface area contributed by atoms with Crippen LogP contribution in [0.5, 0.6) is 11.5 Å². The van der Waals surface area contributed by atoms with E-state index in [-0.39, 0.29) is 22.6 Å². The van der Waals surface area contributed by atoms with Crippen LogP contribution >= 0.6 is 31.9 Å². The number of aromatic carboxylic acids is 1. The summed E-state index contributed by atoms with van der Waals surface area (Å²) in [6.45, 7) is 6.97. The van der Waals surface area contributed by atoms with Crippen LogP contribution in [0, 0.1) is 27.7 Å². The van der Waals surface area contributed by atoms with Gasteiger partial charge in [-0.05, 0) is 63.1 Å². The first kappa shape index (κ1) is 23.3. The number of esters is 1. The van der Waals surface area contributed by atoms with Crippen LogP contribution in [0.25, 0.3) is 0 Å². The highest BCUT2D eigenvalue weighted by molar-refractivity contribution is 9.10. The Morgan fingerprint density at radius 1 is 0.818 bits per heavy atom. The minimum absolute atomic E-state index is 0.0402. The molecule has 0 spiro atoms. The molecule has 0 unspecified atom stereocenters. The van der Waals surface area contributed by atoms with Gasteiger partial charge < -0.3 is 20.1 Å². The summed E-state index contributed by atoms with van der Waals surface area (Å²) in [5.41, 5.74) is 2.19. The molecule has 0 amide bonds. The number of rotatable bonds is 3. The van der Waals surface area contributed by atoms with Gasteiger partial charge in [0.05, 0.1) is 11.1 Å². The van der Waals surface area contributed by atoms with Gasteiger partial charge in [0, 0.05) is 36.8 Å². The predicted molar refractivity (Wildman–Crippen MR) is 129 cm³/mol. The molecule has 0 atom stereocenters. The molecule has 4 rings (SSSR count). The van der Waals surface area contributed by atoms with Gasteiger partial charge >= 0.3 is 11.9 Å². The Kier molecular flexibility index (Phi) is 5.57. The van der Waals surface area contributed by atoms with E-state index in [0.29, 0.717) is 47.9 Å². The quantitative estimate of drug-likeness (QED) is 0.330. The fourth-order valence-corrected chi connectivity index (χ4v) is 5.24. The third-order valence-electron chi connectivity index (χ3n) is 6.36. The number of carbonyl (C=O) groups excluding carboxylic acids is 1. The van der Waals surface area contributed by atoms with Gasteiger partial charge in [0.15, 0.2) is 5.60 Å². The first-order valence-corrected chi connectivity index (χ1v) is 11.6. The van der Waals surface area contributed by atoms with Crippen molar-refractivity contribution in [3.8, 4) is 11.5 Å². The zero-order valence-electron chi connectivity index (χ0n) is 18.2. The maximum Gasteiger partial charge on any atom is 0.340 e. The van der Waals surface area contributed by atoms with Crippen molar-refractivity contribution in [3.63, 3.8) is 0 Å². The normalized spacial score (nSPS) is 14.2. The van der Waals surface area contributed by atoms with Crippen LogP contribution in [0.3, 0.4) is 0 Å². The largest absolute Gasteiger partial charge is 0.507 e. The highest BCUT2D eigenvalue weighted by atomic mass is 79.9. The summed E-state index contributed by atoms with van der Waals surface area (Å²) in [5.74, 6) is -1.78. The molecule has 0 aliphatic carbocycles. The molecule has 1 aliphatic heterocycles. The Hall–Kier alpha value is -2.84. The lowest BCUT2D eigenvalue weighted by Crippen LogP contribution is -2.32. The standard InChI is InChI=1S/C25H20Br2O6/c1-10-17(8-19(26)12(3)21(10)28)25(18-9-20(27)13(4)22(29)11(18)2)16-6-5-14(23(30)31)7-15(16)24(32)33-25/h5-9,28-29H,1-4H3,(H,30,31). The van der Waals surface area contributed by atoms with E-state index in [1.54, 1.807) is 45.9 Å². The first-order chi connectivity index (χ1) is 15.4. The third kappa shape index (κ3) is 3.27. The number of aromatic hydroxyl groups is 2. The summed E-state index contributed by atoms with van der Waals surface area (Å²) in [4.78, 5) is 24.7. The number of hydrogen-bond donors (Lipinski definition) is 3. The summed E-state index contributed by atoms with van der Waals surface area (Å²) >= 11 is 6.97. The number of cyclic esters (lactones) is 1. The van der Waals surface area contributed by atoms with Crippen molar-refractivity contribution >= 4 is 43.8 Å². The van der Waals surface area contributed by atoms with Crippen molar-refractivity contribution in [2.75, 3.05) is 0 Å². The molecule has 0 bridgehead atoms. The Bertz CT molecular complexity index is 1310. The van der Waals surface area contributed by atoms with Gasteiger partial charge in [-0.15, -0.1) is 0 Å². The van der Waals surface area contributed by atoms with Gasteiger partial charge in [0.2, 0.25) is 0 Å². The third-order valence-corrected chi connectivity index (χ3v) is 8.00. The number of benzene rings is 3. The summed E-state index contributed by atoms with van der Waals surface area (Å²) < 4.78 is 7.31. The van der Waals surface area contributed by atoms with Crippen LogP contribution in [-0.4, -0.2) is 27.3 Å². The molecule has 3 N–H and O–H groups in total. The summed E-state index contributed by atoms with van der Waals surface area (Å²) in [7, 11) is 0. The molecule has 1 heterocycles. The van der Waals surface area contributed by atoms with Gasteiger partial charge in [0.25, 0.3) is 0 Å². The van der Waals surface area contributed by atoms with E-state index in [2.05, 4.69) is 31.9 Å². The van der Waals surface area contributed by atoms with Gasteiger partial charge in [0.1, 0.15) is 11.5 Å². The lowest BCUT2D eigenvalue weighted by atomic mass is 9.75. The molecule has 1 aliphatic rings. The number of carboxylic acid groups (broad SMARTS) is 1. The van der Waals surface area contributed by atoms with Gasteiger partial charge in [-0.2, -0.15) is 0 Å². The van der Waals surface area contributed by atoms with E-state index in [0.717, 1.165) is 0 Å². The Balaban J connectivity index is 2.20. The molecule has 0 saturated carbocycles. The number of phenols is 2. The second-order valence-electron chi connectivity index (χ2n) is 8.15. The second-order valence-corrected chi connectivity index (χ2v) is 9.85. The highest BCUT2D eigenvalue weighted by Crippen LogP contribution is 2.53. The molecule has 170 valence electrons. The SMILES string of the molecule is Cc1c(Br)cc(C2(c3cc(Br)c(C)c(O)c3C)OC(=O)c3cc(C(=O)O)ccc32)c(C)c1O. The number of fused-ring (bicyclic) bond motifs is 1. The minimum atomic E-state index is -1.53. The number of hydrogen-bond acceptors (Lipinski definition) is 5. The Morgan fingerprint density at radius 2 is 1.30 bits per heavy atom. The molecule has 3 aromatic rings. The van der Waals surface area contributed by atoms with Crippen molar-refractivity contribution in [1.29, 1.82) is 0 Å². The smallest absolute Gasteiger partial charge is 0.340 e. The number of carbonyl (C=O) groups is 2. The van der Waals surface area contributed by atoms with Gasteiger partial charge in [-0.25, -0.2) is 9.59 Å². The lowest BCUT2D eigenvalue weighted by molar-refractivity contribution is 0.0246. The highest BCUT2D eigenvalue weighted by Gasteiger charge is 2.51. The van der Waals surface area contributed by atoms with E-state index in [4.69, 9.17) is 4.74 Å². The average molecular weight is 576 g/mol. The van der Waals surface area contributed by atoms with E-state index in [9.17, 15) is 24.9 Å². The Morgan fingerprint density at radius 3 is 1.76 bits per heavy atom. The lowest BCUT2D eigenvalue weighted by Gasteiger charge is -2.34. The molecular weight excluding hydrogens is 556 g/mol. The fourth-order valence-electron chi connectivity index (χ4n) is 4.41. The number of phenolic OH excluding ortho intramolecular Hbond substituents is 2. The molecule has 0 fully saturated rings. The van der Waals surface area contributed by atoms with Crippen LogP contribution in [-0.2, 0) is 10.3 Å². The Labute approximate surface area is 207 Å². The average Bonchev–Trinajstić information content (AvgIpc) is 3.08. The van der Waals surface area contributed by atoms with Crippen LogP contribution in [0.1, 0.15) is 59.7 Å². The topological polar surface area (TPSA) is 104 Å². The zero-order chi connectivity index (χ0) is 24.4. The number of carboxylic acids is 1. The molecule has 0 saturated heterocycles. The van der Waals surface area contributed by atoms with Crippen LogP contribution < -0.4 is 0 Å². The van der Waals surface area contributed by atoms with E-state index in [1.165, 1.54) is 12.1 Å². The maximum atomic E-state index is 13.1. The van der Waals surface area contributed by atoms with Crippen molar-refractivity contribution in [2.45, 2.75) is 33.3 Å². The molecule has 0 aromatic heterocycles. The summed E-state index contributed by atoms with van der Waals surface area (Å²) in [6, 6.07) is 7.82. The van der Waals surface area contributed by atoms with Crippen LogP contribution in [0.15, 0.2) is 39.3 Å². The summed E-state index contributed by atoms with van der Waals surface area (Å²) in [6.07, 6.45) is 0. The van der Waals surface area contributed by atoms with E-state index in [1.807, 2.05) is 0 Å². The molecule has 3 aromatic carbocycles. The molecule has 0 radical (unpaired) electrons. The van der Waals surface area contributed by atoms with Crippen LogP contribution in [0.2, 0.25) is 0 Å². The molecular formula is C25H20Br2O6. The zero-order valence-corrected chi connectivity index (χ0v) is 21.4. The van der Waals surface area contributed by atoms with Crippen LogP contribution in [0.4, 0.5) is 0 Å². The van der Waals surface area contributed by atoms with Gasteiger partial charge in [-0.3, -0.25) is 0 Å². The molecule has 8 heteroatoms. The minimum Gasteiger partial charge on any atom is -0.507 e. The maximum absolute atomic E-state index is 13.1. The monoisotopic (exact) mass is 574 g/mol. The summed E-state index contributed by atoms with van der Waals surface area (Å²) in [5, 5.41) is 31.1. The number of ether oxygens (including phenoxy) is 1. The predicted octanol–water partition coefficient (Wildman–Crippen LogP) is 6.02. The fraction of sp³-hybridized carbons (Fsp3) is 0.200. The molecule has 6 nitrogen and oxygen atoms in total. The van der Waals surface area contributed by atoms with E-state index < -0.39 is 17.5 Å².